The van der Waals surface area contributed by atoms with Crippen molar-refractivity contribution in [2.24, 2.45) is 5.92 Å². The summed E-state index contributed by atoms with van der Waals surface area (Å²) in [4.78, 5) is 18.2. The number of ether oxygens (including phenoxy) is 1. The van der Waals surface area contributed by atoms with Crippen molar-refractivity contribution in [2.75, 3.05) is 24.5 Å². The molecule has 23 heavy (non-hydrogen) atoms. The Balaban J connectivity index is 1.91. The van der Waals surface area contributed by atoms with E-state index in [0.29, 0.717) is 18.0 Å². The molecule has 0 radical (unpaired) electrons. The highest BCUT2D eigenvalue weighted by Gasteiger charge is 2.24. The van der Waals surface area contributed by atoms with E-state index in [0.717, 1.165) is 31.7 Å². The summed E-state index contributed by atoms with van der Waals surface area (Å²) in [5, 5.41) is 12.0. The Hall–Kier alpha value is -2.29. The standard InChI is InChI=1S/C17H24N4O2/c1-17(2,3)23-16(22)20-11-13-6-5-9-21(12-13)15-14(10-18)7-4-8-19-15/h4,7-8,13H,5-6,9,11-12H2,1-3H3,(H,20,22)/t13-/m1/s1. The molecule has 1 aliphatic heterocycles. The zero-order chi connectivity index (χ0) is 16.9. The average Bonchev–Trinajstić information content (AvgIpc) is 2.51. The van der Waals surface area contributed by atoms with Gasteiger partial charge in [-0.25, -0.2) is 9.78 Å². The van der Waals surface area contributed by atoms with Crippen LogP contribution in [0, 0.1) is 17.2 Å². The summed E-state index contributed by atoms with van der Waals surface area (Å²) in [6.45, 7) is 7.77. The van der Waals surface area contributed by atoms with Gasteiger partial charge in [-0.1, -0.05) is 0 Å². The van der Waals surface area contributed by atoms with E-state index in [1.807, 2.05) is 20.8 Å². The van der Waals surface area contributed by atoms with Crippen LogP contribution in [0.1, 0.15) is 39.2 Å². The van der Waals surface area contributed by atoms with Gasteiger partial charge >= 0.3 is 6.09 Å². The smallest absolute Gasteiger partial charge is 0.407 e. The molecule has 0 aliphatic carbocycles. The fourth-order valence-corrected chi connectivity index (χ4v) is 2.70. The third-order valence-corrected chi connectivity index (χ3v) is 3.66. The Kier molecular flexibility index (Phi) is 5.43. The SMILES string of the molecule is CC(C)(C)OC(=O)NC[C@H]1CCCN(c2ncccc2C#N)C1. The summed E-state index contributed by atoms with van der Waals surface area (Å²) in [7, 11) is 0. The molecule has 1 aliphatic rings. The van der Waals surface area contributed by atoms with Crippen LogP contribution in [-0.2, 0) is 4.74 Å². The average molecular weight is 316 g/mol. The van der Waals surface area contributed by atoms with Crippen molar-refractivity contribution in [1.82, 2.24) is 10.3 Å². The topological polar surface area (TPSA) is 78.2 Å². The number of aromatic nitrogens is 1. The van der Waals surface area contributed by atoms with Gasteiger partial charge in [0.05, 0.1) is 5.56 Å². The van der Waals surface area contributed by atoms with Crippen LogP contribution >= 0.6 is 0 Å². The summed E-state index contributed by atoms with van der Waals surface area (Å²) in [6, 6.07) is 5.74. The number of amides is 1. The Morgan fingerprint density at radius 1 is 1.57 bits per heavy atom. The number of piperidine rings is 1. The highest BCUT2D eigenvalue weighted by Crippen LogP contribution is 2.23. The zero-order valence-corrected chi connectivity index (χ0v) is 14.0. The fraction of sp³-hybridized carbons (Fsp3) is 0.588. The fourth-order valence-electron chi connectivity index (χ4n) is 2.70. The lowest BCUT2D eigenvalue weighted by Crippen LogP contribution is -2.42. The first-order valence-corrected chi connectivity index (χ1v) is 7.96. The predicted octanol–water partition coefficient (Wildman–Crippen LogP) is 2.69. The number of hydrogen-bond acceptors (Lipinski definition) is 5. The predicted molar refractivity (Wildman–Crippen MR) is 88.1 cm³/mol. The number of carbonyl (C=O) groups excluding carboxylic acids is 1. The van der Waals surface area contributed by atoms with E-state index in [9.17, 15) is 10.1 Å². The largest absolute Gasteiger partial charge is 0.444 e. The molecule has 2 heterocycles. The van der Waals surface area contributed by atoms with Gasteiger partial charge in [-0.3, -0.25) is 0 Å². The molecular weight excluding hydrogens is 292 g/mol. The summed E-state index contributed by atoms with van der Waals surface area (Å²) in [5.41, 5.74) is 0.103. The van der Waals surface area contributed by atoms with Crippen LogP contribution in [0.15, 0.2) is 18.3 Å². The molecule has 2 rings (SSSR count). The van der Waals surface area contributed by atoms with E-state index in [4.69, 9.17) is 4.74 Å². The van der Waals surface area contributed by atoms with Crippen LogP contribution in [0.4, 0.5) is 10.6 Å². The van der Waals surface area contributed by atoms with E-state index in [1.54, 1.807) is 18.3 Å². The molecule has 1 fully saturated rings. The Morgan fingerprint density at radius 3 is 3.04 bits per heavy atom. The van der Waals surface area contributed by atoms with Gasteiger partial charge in [0.2, 0.25) is 0 Å². The number of nitrogens with one attached hydrogen (secondary N) is 1. The van der Waals surface area contributed by atoms with Gasteiger partial charge < -0.3 is 15.0 Å². The van der Waals surface area contributed by atoms with E-state index in [-0.39, 0.29) is 6.09 Å². The lowest BCUT2D eigenvalue weighted by Gasteiger charge is -2.34. The number of nitriles is 1. The highest BCUT2D eigenvalue weighted by atomic mass is 16.6. The number of carbonyl (C=O) groups is 1. The van der Waals surface area contributed by atoms with Gasteiger partial charge in [-0.15, -0.1) is 0 Å². The van der Waals surface area contributed by atoms with Crippen LogP contribution in [0.2, 0.25) is 0 Å². The van der Waals surface area contributed by atoms with E-state index < -0.39 is 5.60 Å². The van der Waals surface area contributed by atoms with Gasteiger partial charge in [0.25, 0.3) is 0 Å². The maximum atomic E-state index is 11.8. The minimum absolute atomic E-state index is 0.324. The number of pyridine rings is 1. The minimum Gasteiger partial charge on any atom is -0.444 e. The lowest BCUT2D eigenvalue weighted by molar-refractivity contribution is 0.0517. The monoisotopic (exact) mass is 316 g/mol. The first-order chi connectivity index (χ1) is 10.9. The third kappa shape index (κ3) is 5.13. The molecule has 1 amide bonds. The number of nitrogens with zero attached hydrogens (tertiary/aromatic N) is 3. The molecule has 1 aromatic rings. The molecule has 1 saturated heterocycles. The van der Waals surface area contributed by atoms with Crippen LogP contribution in [0.5, 0.6) is 0 Å². The summed E-state index contributed by atoms with van der Waals surface area (Å²) in [6.07, 6.45) is 3.38. The normalized spacial score (nSPS) is 18.2. The number of alkyl carbamates (subject to hydrolysis) is 1. The lowest BCUT2D eigenvalue weighted by atomic mass is 9.97. The van der Waals surface area contributed by atoms with Crippen molar-refractivity contribution in [2.45, 2.75) is 39.2 Å². The second-order valence-corrected chi connectivity index (χ2v) is 6.82. The number of anilines is 1. The second-order valence-electron chi connectivity index (χ2n) is 6.82. The number of rotatable bonds is 3. The van der Waals surface area contributed by atoms with Crippen molar-refractivity contribution in [3.63, 3.8) is 0 Å². The van der Waals surface area contributed by atoms with Crippen molar-refractivity contribution in [3.05, 3.63) is 23.9 Å². The molecule has 0 spiro atoms. The maximum Gasteiger partial charge on any atom is 0.407 e. The van der Waals surface area contributed by atoms with Crippen molar-refractivity contribution in [1.29, 1.82) is 5.26 Å². The summed E-state index contributed by atoms with van der Waals surface area (Å²) < 4.78 is 5.26. The molecule has 1 aromatic heterocycles. The Morgan fingerprint density at radius 2 is 2.35 bits per heavy atom. The molecule has 1 N–H and O–H groups in total. The van der Waals surface area contributed by atoms with E-state index in [2.05, 4.69) is 21.3 Å². The van der Waals surface area contributed by atoms with Crippen molar-refractivity contribution < 1.29 is 9.53 Å². The van der Waals surface area contributed by atoms with Crippen LogP contribution in [-0.4, -0.2) is 36.3 Å². The van der Waals surface area contributed by atoms with E-state index in [1.165, 1.54) is 0 Å². The molecule has 0 bridgehead atoms. The van der Waals surface area contributed by atoms with Gasteiger partial charge in [-0.05, 0) is 51.7 Å². The van der Waals surface area contributed by atoms with E-state index >= 15 is 0 Å². The van der Waals surface area contributed by atoms with Crippen LogP contribution in [0.25, 0.3) is 0 Å². The molecule has 0 saturated carbocycles. The molecule has 124 valence electrons. The Bertz CT molecular complexity index is 589. The third-order valence-electron chi connectivity index (χ3n) is 3.66. The molecule has 0 aromatic carbocycles. The summed E-state index contributed by atoms with van der Waals surface area (Å²) in [5.74, 6) is 1.06. The molecule has 0 unspecified atom stereocenters. The quantitative estimate of drug-likeness (QED) is 0.927. The minimum atomic E-state index is -0.488. The van der Waals surface area contributed by atoms with Crippen LogP contribution < -0.4 is 10.2 Å². The van der Waals surface area contributed by atoms with Gasteiger partial charge in [0.15, 0.2) is 0 Å². The molecular formula is C17H24N4O2. The molecule has 6 heteroatoms. The van der Waals surface area contributed by atoms with Gasteiger partial charge in [0.1, 0.15) is 17.5 Å². The highest BCUT2D eigenvalue weighted by molar-refractivity contribution is 5.67. The van der Waals surface area contributed by atoms with Gasteiger partial charge in [0, 0.05) is 25.8 Å². The first-order valence-electron chi connectivity index (χ1n) is 7.96. The maximum absolute atomic E-state index is 11.8. The first kappa shape index (κ1) is 17.1. The van der Waals surface area contributed by atoms with Gasteiger partial charge in [-0.2, -0.15) is 5.26 Å². The molecule has 6 nitrogen and oxygen atoms in total. The number of hydrogen-bond donors (Lipinski definition) is 1. The molecule has 1 atom stereocenters. The zero-order valence-electron chi connectivity index (χ0n) is 14.0. The van der Waals surface area contributed by atoms with Crippen molar-refractivity contribution in [3.8, 4) is 6.07 Å². The van der Waals surface area contributed by atoms with Crippen molar-refractivity contribution >= 4 is 11.9 Å². The van der Waals surface area contributed by atoms with Crippen LogP contribution in [0.3, 0.4) is 0 Å². The second kappa shape index (κ2) is 7.32. The summed E-state index contributed by atoms with van der Waals surface area (Å²) >= 11 is 0. The Labute approximate surface area is 137 Å².